The van der Waals surface area contributed by atoms with E-state index in [0.717, 1.165) is 17.4 Å². The molecule has 1 aliphatic rings. The van der Waals surface area contributed by atoms with Crippen molar-refractivity contribution in [2.75, 3.05) is 13.1 Å². The average Bonchev–Trinajstić information content (AvgIpc) is 2.66. The van der Waals surface area contributed by atoms with Gasteiger partial charge in [0.25, 0.3) is 0 Å². The molecule has 0 amide bonds. The predicted molar refractivity (Wildman–Crippen MR) is 87.6 cm³/mol. The molecule has 1 aromatic heterocycles. The largest absolute Gasteiger partial charge is 0.356 e. The zero-order valence-electron chi connectivity index (χ0n) is 10.9. The van der Waals surface area contributed by atoms with Gasteiger partial charge in [0.15, 0.2) is 4.32 Å². The van der Waals surface area contributed by atoms with Gasteiger partial charge in [0.05, 0.1) is 5.52 Å². The Hall–Kier alpha value is -1.00. The molecule has 4 heteroatoms. The summed E-state index contributed by atoms with van der Waals surface area (Å²) in [6.07, 6.45) is 7.34. The van der Waals surface area contributed by atoms with E-state index in [9.17, 15) is 0 Å². The lowest BCUT2D eigenvalue weighted by molar-refractivity contribution is 0.450. The van der Waals surface area contributed by atoms with E-state index in [0.29, 0.717) is 0 Å². The third-order valence-corrected chi connectivity index (χ3v) is 5.02. The summed E-state index contributed by atoms with van der Waals surface area (Å²) in [5.74, 6) is 0. The first-order valence-corrected chi connectivity index (χ1v) is 8.06. The second-order valence-corrected chi connectivity index (χ2v) is 6.57. The van der Waals surface area contributed by atoms with Crippen molar-refractivity contribution >= 4 is 39.4 Å². The molecule has 19 heavy (non-hydrogen) atoms. The summed E-state index contributed by atoms with van der Waals surface area (Å²) in [6.45, 7) is 2.23. The minimum atomic E-state index is 1.00. The fourth-order valence-electron chi connectivity index (χ4n) is 2.53. The zero-order chi connectivity index (χ0) is 13.1. The molecule has 2 aromatic rings. The standard InChI is InChI=1S/C15H18N2S2/c18-15(16-10-5-1-2-6-11-16)19-17-12-9-13-7-3-4-8-14(13)17/h3-4,7-9,12H,1-2,5-6,10-11H2. The lowest BCUT2D eigenvalue weighted by Gasteiger charge is -2.22. The molecule has 0 saturated carbocycles. The van der Waals surface area contributed by atoms with E-state index in [1.165, 1.54) is 36.6 Å². The van der Waals surface area contributed by atoms with E-state index in [4.69, 9.17) is 12.2 Å². The van der Waals surface area contributed by atoms with Gasteiger partial charge in [-0.3, -0.25) is 3.97 Å². The molecule has 0 radical (unpaired) electrons. The molecule has 1 saturated heterocycles. The van der Waals surface area contributed by atoms with Crippen molar-refractivity contribution in [3.8, 4) is 0 Å². The Morgan fingerprint density at radius 2 is 1.74 bits per heavy atom. The van der Waals surface area contributed by atoms with Gasteiger partial charge in [0.2, 0.25) is 0 Å². The monoisotopic (exact) mass is 290 g/mol. The third kappa shape index (κ3) is 2.95. The van der Waals surface area contributed by atoms with E-state index in [1.54, 1.807) is 11.9 Å². The van der Waals surface area contributed by atoms with Crippen LogP contribution in [0.2, 0.25) is 0 Å². The first-order chi connectivity index (χ1) is 9.34. The molecule has 0 atom stereocenters. The van der Waals surface area contributed by atoms with Crippen LogP contribution in [-0.4, -0.2) is 26.3 Å². The highest BCUT2D eigenvalue weighted by molar-refractivity contribution is 8.22. The molecule has 0 spiro atoms. The smallest absolute Gasteiger partial charge is 0.157 e. The van der Waals surface area contributed by atoms with Gasteiger partial charge in [-0.15, -0.1) is 0 Å². The van der Waals surface area contributed by atoms with Gasteiger partial charge in [-0.05, 0) is 25.0 Å². The minimum Gasteiger partial charge on any atom is -0.356 e. The Balaban J connectivity index is 1.75. The van der Waals surface area contributed by atoms with E-state index in [-0.39, 0.29) is 0 Å². The summed E-state index contributed by atoms with van der Waals surface area (Å²) < 4.78 is 3.19. The Morgan fingerprint density at radius 1 is 1.00 bits per heavy atom. The molecule has 3 rings (SSSR count). The third-order valence-electron chi connectivity index (χ3n) is 3.60. The predicted octanol–water partition coefficient (Wildman–Crippen LogP) is 4.30. The van der Waals surface area contributed by atoms with Crippen molar-refractivity contribution < 1.29 is 0 Å². The molecule has 0 aliphatic carbocycles. The van der Waals surface area contributed by atoms with Crippen molar-refractivity contribution in [3.63, 3.8) is 0 Å². The maximum Gasteiger partial charge on any atom is 0.157 e. The van der Waals surface area contributed by atoms with E-state index < -0.39 is 0 Å². The van der Waals surface area contributed by atoms with Crippen LogP contribution in [0, 0.1) is 0 Å². The second-order valence-electron chi connectivity index (χ2n) is 4.96. The van der Waals surface area contributed by atoms with Gasteiger partial charge in [0.1, 0.15) is 0 Å². The number of rotatable bonds is 1. The van der Waals surface area contributed by atoms with E-state index in [1.807, 2.05) is 0 Å². The second kappa shape index (κ2) is 5.97. The van der Waals surface area contributed by atoms with Gasteiger partial charge in [0, 0.05) is 36.6 Å². The summed E-state index contributed by atoms with van der Waals surface area (Å²) in [5.41, 5.74) is 1.24. The van der Waals surface area contributed by atoms with Gasteiger partial charge < -0.3 is 4.90 Å². The number of benzene rings is 1. The number of fused-ring (bicyclic) bond motifs is 1. The first-order valence-electron chi connectivity index (χ1n) is 6.88. The molecule has 1 fully saturated rings. The maximum absolute atomic E-state index is 5.61. The summed E-state index contributed by atoms with van der Waals surface area (Å²) >= 11 is 7.28. The van der Waals surface area contributed by atoms with Crippen LogP contribution in [0.5, 0.6) is 0 Å². The topological polar surface area (TPSA) is 8.17 Å². The van der Waals surface area contributed by atoms with Gasteiger partial charge in [-0.25, -0.2) is 0 Å². The first kappa shape index (κ1) is 13.0. The highest BCUT2D eigenvalue weighted by Crippen LogP contribution is 2.23. The minimum absolute atomic E-state index is 1.00. The van der Waals surface area contributed by atoms with Crippen LogP contribution in [0.25, 0.3) is 10.9 Å². The van der Waals surface area contributed by atoms with Gasteiger partial charge in [-0.1, -0.05) is 43.3 Å². The summed E-state index contributed by atoms with van der Waals surface area (Å²) in [7, 11) is 0. The van der Waals surface area contributed by atoms with E-state index in [2.05, 4.69) is 45.4 Å². The molecule has 0 unspecified atom stereocenters. The quantitative estimate of drug-likeness (QED) is 0.724. The Bertz CT molecular complexity index is 568. The number of aromatic nitrogens is 1. The number of hydrogen-bond acceptors (Lipinski definition) is 2. The normalized spacial score (nSPS) is 16.5. The molecule has 1 aromatic carbocycles. The highest BCUT2D eigenvalue weighted by Gasteiger charge is 2.14. The SMILES string of the molecule is S=C(Sn1ccc2ccccc21)N1CCCCCC1. The molecule has 0 N–H and O–H groups in total. The fourth-order valence-corrected chi connectivity index (χ4v) is 3.81. The lowest BCUT2D eigenvalue weighted by atomic mass is 10.2. The zero-order valence-corrected chi connectivity index (χ0v) is 12.6. The van der Waals surface area contributed by atoms with E-state index >= 15 is 0 Å². The van der Waals surface area contributed by atoms with Crippen LogP contribution in [-0.2, 0) is 0 Å². The molecule has 0 bridgehead atoms. The van der Waals surface area contributed by atoms with Crippen molar-refractivity contribution in [3.05, 3.63) is 36.5 Å². The molecule has 2 nitrogen and oxygen atoms in total. The van der Waals surface area contributed by atoms with Crippen LogP contribution >= 0.6 is 24.2 Å². The Morgan fingerprint density at radius 3 is 2.53 bits per heavy atom. The van der Waals surface area contributed by atoms with Crippen molar-refractivity contribution in [1.82, 2.24) is 8.87 Å². The molecule has 2 heterocycles. The number of nitrogens with zero attached hydrogens (tertiary/aromatic N) is 2. The molecule has 1 aliphatic heterocycles. The average molecular weight is 290 g/mol. The van der Waals surface area contributed by atoms with Crippen molar-refractivity contribution in [2.24, 2.45) is 0 Å². The summed E-state index contributed by atoms with van der Waals surface area (Å²) in [5, 5.41) is 1.27. The summed E-state index contributed by atoms with van der Waals surface area (Å²) in [6, 6.07) is 10.6. The number of thiocarbonyl (C=S) groups is 1. The van der Waals surface area contributed by atoms with Gasteiger partial charge in [-0.2, -0.15) is 0 Å². The van der Waals surface area contributed by atoms with Crippen molar-refractivity contribution in [2.45, 2.75) is 25.7 Å². The number of likely N-dealkylation sites (tertiary alicyclic amines) is 1. The Labute approximate surface area is 123 Å². The fraction of sp³-hybridized carbons (Fsp3) is 0.400. The maximum atomic E-state index is 5.61. The van der Waals surface area contributed by atoms with Crippen LogP contribution in [0.4, 0.5) is 0 Å². The van der Waals surface area contributed by atoms with Gasteiger partial charge >= 0.3 is 0 Å². The van der Waals surface area contributed by atoms with Crippen molar-refractivity contribution in [1.29, 1.82) is 0 Å². The summed E-state index contributed by atoms with van der Waals surface area (Å²) in [4.78, 5) is 2.36. The van der Waals surface area contributed by atoms with Crippen LogP contribution in [0.3, 0.4) is 0 Å². The molecule has 100 valence electrons. The molecular weight excluding hydrogens is 272 g/mol. The molecular formula is C15H18N2S2. The Kier molecular flexibility index (Phi) is 4.09. The lowest BCUT2D eigenvalue weighted by Crippen LogP contribution is -2.28. The highest BCUT2D eigenvalue weighted by atomic mass is 32.2. The number of para-hydroxylation sites is 1. The van der Waals surface area contributed by atoms with Crippen LogP contribution in [0.15, 0.2) is 36.5 Å². The van der Waals surface area contributed by atoms with Crippen LogP contribution < -0.4 is 0 Å². The number of hydrogen-bond donors (Lipinski definition) is 0. The van der Waals surface area contributed by atoms with Crippen LogP contribution in [0.1, 0.15) is 25.7 Å².